The number of ether oxygens (including phenoxy) is 2. The molecule has 1 unspecified atom stereocenters. The number of benzene rings is 3. The van der Waals surface area contributed by atoms with Crippen molar-refractivity contribution in [3.63, 3.8) is 0 Å². The lowest BCUT2D eigenvalue weighted by molar-refractivity contribution is -0.142. The number of aliphatic carboxylic acids is 1. The highest BCUT2D eigenvalue weighted by Gasteiger charge is 2.44. The van der Waals surface area contributed by atoms with E-state index in [2.05, 4.69) is 71.6 Å². The number of nitrogens with zero attached hydrogens (tertiary/aromatic N) is 3. The van der Waals surface area contributed by atoms with Gasteiger partial charge in [0.2, 0.25) is 5.91 Å². The number of carboxylic acids is 1. The molecule has 2 saturated heterocycles. The van der Waals surface area contributed by atoms with Gasteiger partial charge in [-0.15, -0.1) is 0 Å². The topological polar surface area (TPSA) is 99.6 Å². The Morgan fingerprint density at radius 2 is 1.70 bits per heavy atom. The highest BCUT2D eigenvalue weighted by atomic mass is 16.6. The molecule has 0 bridgehead atoms. The first-order valence-electron chi connectivity index (χ1n) is 19.4. The lowest BCUT2D eigenvalue weighted by atomic mass is 9.79. The van der Waals surface area contributed by atoms with Gasteiger partial charge in [0.05, 0.1) is 12.5 Å². The Balaban J connectivity index is 1.06. The maximum Gasteiger partial charge on any atom is 0.410 e. The number of amides is 2. The molecule has 0 aromatic heterocycles. The number of rotatable bonds is 12. The van der Waals surface area contributed by atoms with Crippen LogP contribution in [0.15, 0.2) is 78.9 Å². The van der Waals surface area contributed by atoms with Crippen LogP contribution in [0.1, 0.15) is 81.9 Å². The summed E-state index contributed by atoms with van der Waals surface area (Å²) in [7, 11) is 0. The van der Waals surface area contributed by atoms with Gasteiger partial charge in [-0.25, -0.2) is 4.79 Å². The molecule has 3 atom stereocenters. The van der Waals surface area contributed by atoms with E-state index < -0.39 is 17.5 Å². The average molecular weight is 720 g/mol. The molecule has 53 heavy (non-hydrogen) atoms. The Kier molecular flexibility index (Phi) is 10.9. The molecule has 2 aliphatic carbocycles. The van der Waals surface area contributed by atoms with Gasteiger partial charge in [0.25, 0.3) is 0 Å². The normalized spacial score (nSPS) is 21.5. The SMILES string of the molecule is CC(C)(C)OC(=O)N1CC[C@H](c2cccc(-c3ccc(OCCCN4CCCC4C(=O)O)cc3)c2)[C@@H](C(=O)N(CC2=CCc3ccccc32)C2CC2)C1. The summed E-state index contributed by atoms with van der Waals surface area (Å²) in [5.74, 6) is -0.286. The molecule has 0 spiro atoms. The lowest BCUT2D eigenvalue weighted by Crippen LogP contribution is -2.51. The van der Waals surface area contributed by atoms with Gasteiger partial charge in [-0.3, -0.25) is 14.5 Å². The summed E-state index contributed by atoms with van der Waals surface area (Å²) in [5.41, 5.74) is 6.36. The number of likely N-dealkylation sites (tertiary alicyclic amines) is 2. The summed E-state index contributed by atoms with van der Waals surface area (Å²) >= 11 is 0. The summed E-state index contributed by atoms with van der Waals surface area (Å²) in [6.45, 7) is 9.13. The van der Waals surface area contributed by atoms with Crippen molar-refractivity contribution in [3.05, 3.63) is 95.6 Å². The van der Waals surface area contributed by atoms with Crippen LogP contribution in [-0.2, 0) is 20.7 Å². The zero-order valence-electron chi connectivity index (χ0n) is 31.3. The van der Waals surface area contributed by atoms with Gasteiger partial charge in [-0.05, 0) is 124 Å². The molecule has 3 aromatic rings. The molecule has 9 nitrogen and oxygen atoms in total. The Hall–Kier alpha value is -4.63. The summed E-state index contributed by atoms with van der Waals surface area (Å²) in [4.78, 5) is 45.5. The van der Waals surface area contributed by atoms with Crippen molar-refractivity contribution in [3.8, 4) is 16.9 Å². The van der Waals surface area contributed by atoms with Gasteiger partial charge in [-0.1, -0.05) is 66.7 Å². The van der Waals surface area contributed by atoms with Gasteiger partial charge in [-0.2, -0.15) is 0 Å². The Morgan fingerprint density at radius 3 is 2.45 bits per heavy atom. The second-order valence-electron chi connectivity index (χ2n) is 16.1. The number of carbonyl (C=O) groups excluding carboxylic acids is 2. The van der Waals surface area contributed by atoms with Crippen LogP contribution in [0.4, 0.5) is 4.79 Å². The zero-order chi connectivity index (χ0) is 37.1. The summed E-state index contributed by atoms with van der Waals surface area (Å²) in [6.07, 6.45) is 7.89. The molecular formula is C44H53N3O6. The summed E-state index contributed by atoms with van der Waals surface area (Å²) in [6, 6.07) is 24.9. The van der Waals surface area contributed by atoms with Gasteiger partial charge in [0, 0.05) is 32.2 Å². The Labute approximate surface area is 313 Å². The van der Waals surface area contributed by atoms with Gasteiger partial charge >= 0.3 is 12.1 Å². The Morgan fingerprint density at radius 1 is 0.906 bits per heavy atom. The summed E-state index contributed by atoms with van der Waals surface area (Å²) in [5, 5.41) is 9.44. The molecule has 1 saturated carbocycles. The second-order valence-corrected chi connectivity index (χ2v) is 16.1. The monoisotopic (exact) mass is 719 g/mol. The minimum absolute atomic E-state index is 0.0498. The molecule has 0 radical (unpaired) electrons. The molecule has 3 fully saturated rings. The van der Waals surface area contributed by atoms with Crippen molar-refractivity contribution in [2.75, 3.05) is 39.3 Å². The number of hydrogen-bond donors (Lipinski definition) is 1. The molecule has 2 amide bonds. The maximum absolute atomic E-state index is 14.8. The highest BCUT2D eigenvalue weighted by molar-refractivity contribution is 5.85. The lowest BCUT2D eigenvalue weighted by Gasteiger charge is -2.40. The first kappa shape index (κ1) is 36.7. The molecule has 2 aliphatic heterocycles. The van der Waals surface area contributed by atoms with E-state index in [-0.39, 0.29) is 30.0 Å². The van der Waals surface area contributed by atoms with E-state index in [0.29, 0.717) is 45.6 Å². The minimum atomic E-state index is -0.736. The number of carbonyl (C=O) groups is 3. The third-order valence-corrected chi connectivity index (χ3v) is 11.1. The number of carboxylic acid groups (broad SMARTS) is 1. The molecule has 7 rings (SSSR count). The number of fused-ring (bicyclic) bond motifs is 1. The van der Waals surface area contributed by atoms with Gasteiger partial charge < -0.3 is 24.4 Å². The molecule has 4 aliphatic rings. The first-order chi connectivity index (χ1) is 25.5. The second kappa shape index (κ2) is 15.8. The van der Waals surface area contributed by atoms with E-state index in [1.54, 1.807) is 4.90 Å². The van der Waals surface area contributed by atoms with E-state index in [4.69, 9.17) is 9.47 Å². The number of hydrogen-bond acceptors (Lipinski definition) is 6. The number of allylic oxidation sites excluding steroid dienone is 1. The van der Waals surface area contributed by atoms with Crippen LogP contribution >= 0.6 is 0 Å². The highest BCUT2D eigenvalue weighted by Crippen LogP contribution is 2.40. The van der Waals surface area contributed by atoms with E-state index in [9.17, 15) is 19.5 Å². The third-order valence-electron chi connectivity index (χ3n) is 11.1. The van der Waals surface area contributed by atoms with Gasteiger partial charge in [0.15, 0.2) is 0 Å². The number of piperidine rings is 1. The van der Waals surface area contributed by atoms with Crippen LogP contribution in [0, 0.1) is 5.92 Å². The fraction of sp³-hybridized carbons (Fsp3) is 0.477. The van der Waals surface area contributed by atoms with Crippen LogP contribution in [0.2, 0.25) is 0 Å². The standard InChI is InChI=1S/C44H53N3O6/c1-44(2,3)53-43(51)46-25-22-38(39(29-46)41(48)47(35-18-19-35)28-34-15-14-31-9-4-5-12-37(31)34)33-11-6-10-32(27-33)30-16-20-36(21-17-30)52-26-8-24-45-23-7-13-40(45)42(49)50/h4-6,9-12,15-17,20-21,27,35,38-40H,7-8,13-14,18-19,22-26,28-29H2,1-3H3,(H,49,50)/t38-,39+,40?/m1/s1. The largest absolute Gasteiger partial charge is 0.494 e. The van der Waals surface area contributed by atoms with E-state index >= 15 is 0 Å². The Bertz CT molecular complexity index is 1830. The molecule has 2 heterocycles. The maximum atomic E-state index is 14.8. The van der Waals surface area contributed by atoms with Crippen molar-refractivity contribution >= 4 is 23.5 Å². The molecule has 9 heteroatoms. The summed E-state index contributed by atoms with van der Waals surface area (Å²) < 4.78 is 11.8. The third kappa shape index (κ3) is 8.78. The smallest absolute Gasteiger partial charge is 0.410 e. The van der Waals surface area contributed by atoms with E-state index in [1.165, 1.54) is 16.7 Å². The van der Waals surface area contributed by atoms with Crippen LogP contribution in [0.3, 0.4) is 0 Å². The van der Waals surface area contributed by atoms with Crippen molar-refractivity contribution in [1.29, 1.82) is 0 Å². The first-order valence-corrected chi connectivity index (χ1v) is 19.4. The van der Waals surface area contributed by atoms with E-state index in [1.807, 2.05) is 37.8 Å². The van der Waals surface area contributed by atoms with Crippen LogP contribution < -0.4 is 4.74 Å². The van der Waals surface area contributed by atoms with Crippen LogP contribution in [0.25, 0.3) is 16.7 Å². The van der Waals surface area contributed by atoms with Crippen LogP contribution in [-0.4, -0.2) is 94.8 Å². The fourth-order valence-corrected chi connectivity index (χ4v) is 8.29. The quantitative estimate of drug-likeness (QED) is 0.192. The van der Waals surface area contributed by atoms with Gasteiger partial charge in [0.1, 0.15) is 17.4 Å². The minimum Gasteiger partial charge on any atom is -0.494 e. The average Bonchev–Trinajstić information content (AvgIpc) is 3.73. The molecule has 280 valence electrons. The molecular weight excluding hydrogens is 666 g/mol. The predicted octanol–water partition coefficient (Wildman–Crippen LogP) is 7.64. The van der Waals surface area contributed by atoms with Crippen molar-refractivity contribution < 1.29 is 29.0 Å². The van der Waals surface area contributed by atoms with Crippen molar-refractivity contribution in [1.82, 2.24) is 14.7 Å². The zero-order valence-corrected chi connectivity index (χ0v) is 31.3. The fourth-order valence-electron chi connectivity index (χ4n) is 8.29. The van der Waals surface area contributed by atoms with Crippen molar-refractivity contribution in [2.45, 2.75) is 89.3 Å². The van der Waals surface area contributed by atoms with Crippen molar-refractivity contribution in [2.24, 2.45) is 5.92 Å². The van der Waals surface area contributed by atoms with Crippen LogP contribution in [0.5, 0.6) is 5.75 Å². The molecule has 3 aromatic carbocycles. The molecule has 1 N–H and O–H groups in total. The predicted molar refractivity (Wildman–Crippen MR) is 206 cm³/mol. The van der Waals surface area contributed by atoms with E-state index in [0.717, 1.165) is 61.1 Å².